The molecule has 26 heavy (non-hydrogen) atoms. The highest BCUT2D eigenvalue weighted by molar-refractivity contribution is 5.59. The van der Waals surface area contributed by atoms with E-state index in [2.05, 4.69) is 33.8 Å². The molecule has 7 heteroatoms. The number of fused-ring (bicyclic) bond motifs is 1. The maximum atomic E-state index is 4.83. The molecule has 2 N–H and O–H groups in total. The van der Waals surface area contributed by atoms with Crippen LogP contribution in [0.5, 0.6) is 0 Å². The molecule has 0 spiro atoms. The molecule has 1 aliphatic heterocycles. The fourth-order valence-corrected chi connectivity index (χ4v) is 3.17. The number of hydrogen-bond acceptors (Lipinski definition) is 6. The molecule has 0 amide bonds. The van der Waals surface area contributed by atoms with Gasteiger partial charge in [0.1, 0.15) is 5.82 Å². The standard InChI is InChI=1S/C19H23N7/c1-2-26-13-14(11-23-26)10-22-19-16-5-8-20-9-6-17(16)24-18(25-19)15-4-3-7-21-12-15/h3-4,7,11-13,20H,2,5-6,8-10H2,1H3,(H,22,24,25). The van der Waals surface area contributed by atoms with Gasteiger partial charge in [0.2, 0.25) is 0 Å². The summed E-state index contributed by atoms with van der Waals surface area (Å²) in [7, 11) is 0. The zero-order valence-electron chi connectivity index (χ0n) is 14.9. The lowest BCUT2D eigenvalue weighted by Crippen LogP contribution is -2.16. The third-order valence-corrected chi connectivity index (χ3v) is 4.57. The van der Waals surface area contributed by atoms with E-state index >= 15 is 0 Å². The molecule has 4 rings (SSSR count). The van der Waals surface area contributed by atoms with E-state index in [9.17, 15) is 0 Å². The van der Waals surface area contributed by atoms with Gasteiger partial charge in [0.15, 0.2) is 5.82 Å². The first-order chi connectivity index (χ1) is 12.8. The first-order valence-corrected chi connectivity index (χ1v) is 9.09. The lowest BCUT2D eigenvalue weighted by atomic mass is 10.1. The summed E-state index contributed by atoms with van der Waals surface area (Å²) in [5, 5.41) is 11.3. The van der Waals surface area contributed by atoms with Crippen molar-refractivity contribution in [2.24, 2.45) is 0 Å². The minimum Gasteiger partial charge on any atom is -0.366 e. The molecule has 1 aliphatic rings. The van der Waals surface area contributed by atoms with E-state index in [1.807, 2.05) is 29.2 Å². The normalized spacial score (nSPS) is 13.9. The second kappa shape index (κ2) is 7.61. The quantitative estimate of drug-likeness (QED) is 0.734. The number of pyridine rings is 1. The Morgan fingerprint density at radius 3 is 2.92 bits per heavy atom. The fraction of sp³-hybridized carbons (Fsp3) is 0.368. The number of aromatic nitrogens is 5. The zero-order chi connectivity index (χ0) is 17.8. The summed E-state index contributed by atoms with van der Waals surface area (Å²) >= 11 is 0. The van der Waals surface area contributed by atoms with Gasteiger partial charge in [0.05, 0.1) is 11.9 Å². The van der Waals surface area contributed by atoms with Gasteiger partial charge in [0, 0.05) is 61.3 Å². The van der Waals surface area contributed by atoms with Crippen molar-refractivity contribution in [3.8, 4) is 11.4 Å². The van der Waals surface area contributed by atoms with Gasteiger partial charge in [-0.1, -0.05) is 0 Å². The first-order valence-electron chi connectivity index (χ1n) is 9.09. The van der Waals surface area contributed by atoms with Crippen molar-refractivity contribution in [1.82, 2.24) is 30.0 Å². The van der Waals surface area contributed by atoms with Crippen LogP contribution in [0.2, 0.25) is 0 Å². The Morgan fingerprint density at radius 1 is 1.19 bits per heavy atom. The van der Waals surface area contributed by atoms with Crippen LogP contribution in [-0.2, 0) is 25.9 Å². The smallest absolute Gasteiger partial charge is 0.163 e. The van der Waals surface area contributed by atoms with Crippen molar-refractivity contribution in [2.75, 3.05) is 18.4 Å². The largest absolute Gasteiger partial charge is 0.366 e. The van der Waals surface area contributed by atoms with Crippen LogP contribution in [0.15, 0.2) is 36.9 Å². The van der Waals surface area contributed by atoms with Crippen molar-refractivity contribution < 1.29 is 0 Å². The van der Waals surface area contributed by atoms with Crippen LogP contribution in [0.25, 0.3) is 11.4 Å². The van der Waals surface area contributed by atoms with Crippen LogP contribution in [0.3, 0.4) is 0 Å². The topological polar surface area (TPSA) is 80.5 Å². The molecule has 3 aromatic rings. The monoisotopic (exact) mass is 349 g/mol. The van der Waals surface area contributed by atoms with Crippen LogP contribution >= 0.6 is 0 Å². The molecule has 0 aliphatic carbocycles. The van der Waals surface area contributed by atoms with Crippen molar-refractivity contribution in [3.63, 3.8) is 0 Å². The van der Waals surface area contributed by atoms with E-state index in [0.717, 1.165) is 60.9 Å². The van der Waals surface area contributed by atoms with E-state index in [0.29, 0.717) is 6.54 Å². The molecular weight excluding hydrogens is 326 g/mol. The number of nitrogens with one attached hydrogen (secondary N) is 2. The molecule has 0 aromatic carbocycles. The van der Waals surface area contributed by atoms with E-state index in [-0.39, 0.29) is 0 Å². The molecule has 0 bridgehead atoms. The number of hydrogen-bond donors (Lipinski definition) is 2. The molecular formula is C19H23N7. The minimum atomic E-state index is 0.698. The molecule has 7 nitrogen and oxygen atoms in total. The van der Waals surface area contributed by atoms with Gasteiger partial charge < -0.3 is 10.6 Å². The third kappa shape index (κ3) is 3.57. The molecule has 0 saturated carbocycles. The summed E-state index contributed by atoms with van der Waals surface area (Å²) in [5.74, 6) is 1.65. The second-order valence-electron chi connectivity index (χ2n) is 6.37. The summed E-state index contributed by atoms with van der Waals surface area (Å²) in [6, 6.07) is 3.91. The van der Waals surface area contributed by atoms with Gasteiger partial charge >= 0.3 is 0 Å². The molecule has 3 aromatic heterocycles. The fourth-order valence-electron chi connectivity index (χ4n) is 3.17. The Morgan fingerprint density at radius 2 is 2.12 bits per heavy atom. The van der Waals surface area contributed by atoms with Crippen LogP contribution in [-0.4, -0.2) is 37.8 Å². The van der Waals surface area contributed by atoms with Crippen molar-refractivity contribution in [3.05, 3.63) is 53.7 Å². The zero-order valence-corrected chi connectivity index (χ0v) is 14.9. The predicted molar refractivity (Wildman–Crippen MR) is 101 cm³/mol. The average Bonchev–Trinajstić information content (AvgIpc) is 3.02. The Balaban J connectivity index is 1.66. The second-order valence-corrected chi connectivity index (χ2v) is 6.37. The van der Waals surface area contributed by atoms with Crippen molar-refractivity contribution in [1.29, 1.82) is 0 Å². The number of aryl methyl sites for hydroxylation is 1. The summed E-state index contributed by atoms with van der Waals surface area (Å²) in [5.41, 5.74) is 4.42. The van der Waals surface area contributed by atoms with Crippen LogP contribution in [0, 0.1) is 0 Å². The van der Waals surface area contributed by atoms with Crippen LogP contribution < -0.4 is 10.6 Å². The summed E-state index contributed by atoms with van der Waals surface area (Å²) in [6.07, 6.45) is 9.39. The van der Waals surface area contributed by atoms with Crippen LogP contribution in [0.4, 0.5) is 5.82 Å². The van der Waals surface area contributed by atoms with Crippen LogP contribution in [0.1, 0.15) is 23.7 Å². The van der Waals surface area contributed by atoms with Gasteiger partial charge in [-0.3, -0.25) is 9.67 Å². The number of nitrogens with zero attached hydrogens (tertiary/aromatic N) is 5. The lowest BCUT2D eigenvalue weighted by Gasteiger charge is -2.14. The Hall–Kier alpha value is -2.80. The Kier molecular flexibility index (Phi) is 4.88. The van der Waals surface area contributed by atoms with Gasteiger partial charge in [0.25, 0.3) is 0 Å². The highest BCUT2D eigenvalue weighted by Crippen LogP contribution is 2.24. The summed E-state index contributed by atoms with van der Waals surface area (Å²) in [4.78, 5) is 13.9. The Labute approximate surface area is 152 Å². The number of rotatable bonds is 5. The lowest BCUT2D eigenvalue weighted by molar-refractivity contribution is 0.659. The SMILES string of the molecule is CCn1cc(CNc2nc(-c3cccnc3)nc3c2CCNCC3)cn1. The van der Waals surface area contributed by atoms with E-state index in [1.165, 1.54) is 5.56 Å². The maximum Gasteiger partial charge on any atom is 0.163 e. The highest BCUT2D eigenvalue weighted by Gasteiger charge is 2.17. The highest BCUT2D eigenvalue weighted by atomic mass is 15.3. The Bertz CT molecular complexity index is 873. The first kappa shape index (κ1) is 16.7. The van der Waals surface area contributed by atoms with E-state index in [1.54, 1.807) is 6.20 Å². The molecule has 134 valence electrons. The molecule has 0 unspecified atom stereocenters. The van der Waals surface area contributed by atoms with E-state index < -0.39 is 0 Å². The molecule has 0 fully saturated rings. The van der Waals surface area contributed by atoms with E-state index in [4.69, 9.17) is 9.97 Å². The maximum absolute atomic E-state index is 4.83. The molecule has 0 radical (unpaired) electrons. The van der Waals surface area contributed by atoms with Crippen molar-refractivity contribution >= 4 is 5.82 Å². The molecule has 0 saturated heterocycles. The summed E-state index contributed by atoms with van der Waals surface area (Å²) in [6.45, 7) is 5.55. The minimum absolute atomic E-state index is 0.698. The molecule has 4 heterocycles. The summed E-state index contributed by atoms with van der Waals surface area (Å²) < 4.78 is 1.93. The van der Waals surface area contributed by atoms with Gasteiger partial charge in [-0.25, -0.2) is 9.97 Å². The van der Waals surface area contributed by atoms with Gasteiger partial charge in [-0.15, -0.1) is 0 Å². The third-order valence-electron chi connectivity index (χ3n) is 4.57. The number of anilines is 1. The average molecular weight is 349 g/mol. The molecule has 0 atom stereocenters. The predicted octanol–water partition coefficient (Wildman–Crippen LogP) is 2.06. The van der Waals surface area contributed by atoms with Gasteiger partial charge in [-0.05, 0) is 32.0 Å². The van der Waals surface area contributed by atoms with Crippen molar-refractivity contribution in [2.45, 2.75) is 32.9 Å². The van der Waals surface area contributed by atoms with Gasteiger partial charge in [-0.2, -0.15) is 5.10 Å².